The Bertz CT molecular complexity index is 901. The Labute approximate surface area is 212 Å². The number of nitrogens with two attached hydrogens (primary N) is 2. The second kappa shape index (κ2) is 12.4. The summed E-state index contributed by atoms with van der Waals surface area (Å²) in [6, 6.07) is 8.45. The van der Waals surface area contributed by atoms with Crippen LogP contribution in [0, 0.1) is 0 Å². The van der Waals surface area contributed by atoms with Crippen LogP contribution in [0.2, 0.25) is 0 Å². The number of hydrogen-bond acceptors (Lipinski definition) is 8. The van der Waals surface area contributed by atoms with E-state index >= 15 is 0 Å². The van der Waals surface area contributed by atoms with Crippen LogP contribution in [0.5, 0.6) is 0 Å². The first-order valence-electron chi connectivity index (χ1n) is 13.0. The number of nitrogens with one attached hydrogen (secondary N) is 4. The van der Waals surface area contributed by atoms with E-state index in [4.69, 9.17) is 11.5 Å². The Morgan fingerprint density at radius 3 is 1.33 bits per heavy atom. The van der Waals surface area contributed by atoms with E-state index in [1.165, 1.54) is 0 Å². The minimum atomic E-state index is -0.0503. The van der Waals surface area contributed by atoms with Gasteiger partial charge in [-0.3, -0.25) is 9.59 Å². The summed E-state index contributed by atoms with van der Waals surface area (Å²) in [6.07, 6.45) is 11.2. The van der Waals surface area contributed by atoms with E-state index in [9.17, 15) is 9.59 Å². The van der Waals surface area contributed by atoms with Crippen molar-refractivity contribution >= 4 is 34.8 Å². The molecule has 2 fully saturated rings. The highest BCUT2D eigenvalue weighted by Gasteiger charge is 2.24. The molecule has 2 heterocycles. The molecule has 0 saturated heterocycles. The van der Waals surface area contributed by atoms with Crippen LogP contribution in [-0.2, 0) is 9.59 Å². The fourth-order valence-electron chi connectivity index (χ4n) is 4.99. The minimum absolute atomic E-state index is 0.0503. The quantitative estimate of drug-likeness (QED) is 0.310. The van der Waals surface area contributed by atoms with E-state index in [0.717, 1.165) is 63.0 Å². The first kappa shape index (κ1) is 25.5. The standard InChI is InChI=1S/C26H38N8O2/c27-17-1-11-23(29-15-17)31-19-3-7-21(8-4-19)33-25(35)13-14-26(36)34-22-9-5-20(6-10-22)32-24-12-2-18(28)16-30-24/h1-2,11-12,15-16,19-22H,3-10,13-14,27-28H2,(H,29,31)(H,30,32)(H,33,35)(H,34,36). The van der Waals surface area contributed by atoms with E-state index in [-0.39, 0.29) is 36.7 Å². The van der Waals surface area contributed by atoms with Gasteiger partial charge in [0.1, 0.15) is 11.6 Å². The zero-order chi connectivity index (χ0) is 25.3. The third kappa shape index (κ3) is 8.00. The number of carbonyl (C=O) groups is 2. The summed E-state index contributed by atoms with van der Waals surface area (Å²) in [6.45, 7) is 0. The predicted molar refractivity (Wildman–Crippen MR) is 142 cm³/mol. The highest BCUT2D eigenvalue weighted by atomic mass is 16.2. The maximum Gasteiger partial charge on any atom is 0.220 e. The second-order valence-corrected chi connectivity index (χ2v) is 9.97. The molecule has 0 unspecified atom stereocenters. The third-order valence-corrected chi connectivity index (χ3v) is 7.04. The highest BCUT2D eigenvalue weighted by Crippen LogP contribution is 2.23. The fourth-order valence-corrected chi connectivity index (χ4v) is 4.99. The van der Waals surface area contributed by atoms with Gasteiger partial charge in [-0.2, -0.15) is 0 Å². The van der Waals surface area contributed by atoms with E-state index in [0.29, 0.717) is 23.5 Å². The number of nitrogens with zero attached hydrogens (tertiary/aromatic N) is 2. The lowest BCUT2D eigenvalue weighted by molar-refractivity contribution is -0.127. The minimum Gasteiger partial charge on any atom is -0.397 e. The smallest absolute Gasteiger partial charge is 0.220 e. The van der Waals surface area contributed by atoms with Crippen LogP contribution in [0.3, 0.4) is 0 Å². The maximum absolute atomic E-state index is 12.4. The summed E-state index contributed by atoms with van der Waals surface area (Å²) in [5.74, 6) is 1.55. The third-order valence-electron chi connectivity index (χ3n) is 7.04. The van der Waals surface area contributed by atoms with Crippen molar-refractivity contribution in [2.24, 2.45) is 0 Å². The number of hydrogen-bond donors (Lipinski definition) is 6. The first-order valence-corrected chi connectivity index (χ1v) is 13.0. The van der Waals surface area contributed by atoms with Crippen molar-refractivity contribution in [1.82, 2.24) is 20.6 Å². The summed E-state index contributed by atoms with van der Waals surface area (Å²) in [4.78, 5) is 33.4. The number of rotatable bonds is 9. The molecule has 2 saturated carbocycles. The topological polar surface area (TPSA) is 160 Å². The molecule has 0 bridgehead atoms. The molecule has 2 amide bonds. The van der Waals surface area contributed by atoms with Gasteiger partial charge in [-0.05, 0) is 75.6 Å². The Kier molecular flexibility index (Phi) is 8.80. The zero-order valence-corrected chi connectivity index (χ0v) is 20.7. The van der Waals surface area contributed by atoms with Gasteiger partial charge in [-0.15, -0.1) is 0 Å². The number of amides is 2. The fraction of sp³-hybridized carbons (Fsp3) is 0.538. The van der Waals surface area contributed by atoms with Crippen LogP contribution in [0.15, 0.2) is 36.7 Å². The van der Waals surface area contributed by atoms with Gasteiger partial charge in [0.05, 0.1) is 23.8 Å². The predicted octanol–water partition coefficient (Wildman–Crippen LogP) is 2.80. The maximum atomic E-state index is 12.4. The summed E-state index contributed by atoms with van der Waals surface area (Å²) in [7, 11) is 0. The molecule has 8 N–H and O–H groups in total. The molecule has 0 radical (unpaired) electrons. The van der Waals surface area contributed by atoms with Crippen LogP contribution in [0.25, 0.3) is 0 Å². The van der Waals surface area contributed by atoms with Crippen LogP contribution in [-0.4, -0.2) is 45.9 Å². The molecule has 0 aliphatic heterocycles. The van der Waals surface area contributed by atoms with Crippen LogP contribution in [0.1, 0.15) is 64.2 Å². The van der Waals surface area contributed by atoms with E-state index in [1.807, 2.05) is 24.3 Å². The average Bonchev–Trinajstić information content (AvgIpc) is 2.88. The van der Waals surface area contributed by atoms with Crippen molar-refractivity contribution in [3.8, 4) is 0 Å². The van der Waals surface area contributed by atoms with E-state index < -0.39 is 0 Å². The van der Waals surface area contributed by atoms with Gasteiger partial charge < -0.3 is 32.7 Å². The second-order valence-electron chi connectivity index (χ2n) is 9.97. The molecule has 4 rings (SSSR count). The Hall–Kier alpha value is -3.56. The number of pyridine rings is 2. The normalized spacial score (nSPS) is 23.9. The van der Waals surface area contributed by atoms with Gasteiger partial charge >= 0.3 is 0 Å². The van der Waals surface area contributed by atoms with Crippen molar-refractivity contribution < 1.29 is 9.59 Å². The Morgan fingerprint density at radius 1 is 0.639 bits per heavy atom. The van der Waals surface area contributed by atoms with E-state index in [1.54, 1.807) is 12.4 Å². The van der Waals surface area contributed by atoms with Gasteiger partial charge in [0, 0.05) is 37.0 Å². The number of aromatic nitrogens is 2. The summed E-state index contributed by atoms with van der Waals surface area (Å²) >= 11 is 0. The van der Waals surface area contributed by atoms with Gasteiger partial charge in [-0.1, -0.05) is 0 Å². The van der Waals surface area contributed by atoms with E-state index in [2.05, 4.69) is 31.2 Å². The zero-order valence-electron chi connectivity index (χ0n) is 20.7. The molecule has 0 aromatic carbocycles. The largest absolute Gasteiger partial charge is 0.397 e. The average molecular weight is 495 g/mol. The summed E-state index contributed by atoms with van der Waals surface area (Å²) in [5, 5.41) is 13.1. The molecule has 2 aromatic rings. The lowest BCUT2D eigenvalue weighted by atomic mass is 9.90. The molecule has 2 aliphatic carbocycles. The van der Waals surface area contributed by atoms with Crippen LogP contribution < -0.4 is 32.7 Å². The molecule has 0 atom stereocenters. The van der Waals surface area contributed by atoms with Crippen LogP contribution in [0.4, 0.5) is 23.0 Å². The SMILES string of the molecule is Nc1ccc(NC2CCC(NC(=O)CCC(=O)NC3CCC(Nc4ccc(N)cn4)CC3)CC2)nc1. The van der Waals surface area contributed by atoms with Crippen molar-refractivity contribution in [1.29, 1.82) is 0 Å². The number of nitrogen functional groups attached to an aromatic ring is 2. The molecule has 36 heavy (non-hydrogen) atoms. The van der Waals surface area contributed by atoms with Crippen LogP contribution >= 0.6 is 0 Å². The lowest BCUT2D eigenvalue weighted by Crippen LogP contribution is -2.42. The van der Waals surface area contributed by atoms with Crippen molar-refractivity contribution in [3.05, 3.63) is 36.7 Å². The first-order chi connectivity index (χ1) is 17.4. The number of carbonyl (C=O) groups excluding carboxylic acids is 2. The highest BCUT2D eigenvalue weighted by molar-refractivity contribution is 5.84. The van der Waals surface area contributed by atoms with Crippen molar-refractivity contribution in [2.75, 3.05) is 22.1 Å². The molecular formula is C26H38N8O2. The van der Waals surface area contributed by atoms with Gasteiger partial charge in [0.15, 0.2) is 0 Å². The Balaban J connectivity index is 1.07. The summed E-state index contributed by atoms with van der Waals surface area (Å²) < 4.78 is 0. The van der Waals surface area contributed by atoms with Crippen molar-refractivity contribution in [2.45, 2.75) is 88.4 Å². The Morgan fingerprint density at radius 2 is 1.00 bits per heavy atom. The molecule has 2 aromatic heterocycles. The lowest BCUT2D eigenvalue weighted by Gasteiger charge is -2.30. The molecule has 10 nitrogen and oxygen atoms in total. The molecule has 0 spiro atoms. The molecule has 2 aliphatic rings. The molecular weight excluding hydrogens is 456 g/mol. The molecule has 10 heteroatoms. The summed E-state index contributed by atoms with van der Waals surface area (Å²) in [5.41, 5.74) is 12.7. The van der Waals surface area contributed by atoms with Gasteiger partial charge in [0.2, 0.25) is 11.8 Å². The van der Waals surface area contributed by atoms with Crippen molar-refractivity contribution in [3.63, 3.8) is 0 Å². The van der Waals surface area contributed by atoms with Gasteiger partial charge in [0.25, 0.3) is 0 Å². The van der Waals surface area contributed by atoms with Gasteiger partial charge in [-0.25, -0.2) is 9.97 Å². The monoisotopic (exact) mass is 494 g/mol. The number of anilines is 4. The molecule has 194 valence electrons.